The lowest BCUT2D eigenvalue weighted by molar-refractivity contribution is -0.119. The van der Waals surface area contributed by atoms with Gasteiger partial charge in [-0.15, -0.1) is 0 Å². The van der Waals surface area contributed by atoms with E-state index in [0.29, 0.717) is 5.78 Å². The number of rotatable bonds is 20. The first-order valence-electron chi connectivity index (χ1n) is 19.3. The van der Waals surface area contributed by atoms with Crippen molar-refractivity contribution >= 4 is 5.78 Å². The van der Waals surface area contributed by atoms with Crippen LogP contribution in [-0.2, 0) is 17.6 Å². The van der Waals surface area contributed by atoms with Gasteiger partial charge in [0.15, 0.2) is 0 Å². The fourth-order valence-electron chi connectivity index (χ4n) is 8.43. The molecule has 0 atom stereocenters. The number of hydrogen-bond donors (Lipinski definition) is 0. The van der Waals surface area contributed by atoms with Crippen molar-refractivity contribution in [3.05, 3.63) is 70.8 Å². The molecule has 0 aromatic heterocycles. The fourth-order valence-corrected chi connectivity index (χ4v) is 8.43. The number of benzene rings is 2. The van der Waals surface area contributed by atoms with Crippen LogP contribution in [0.4, 0.5) is 0 Å². The zero-order valence-electron chi connectivity index (χ0n) is 28.8. The lowest BCUT2D eigenvalue weighted by atomic mass is 9.77. The average molecular weight is 599 g/mol. The van der Waals surface area contributed by atoms with E-state index >= 15 is 0 Å². The monoisotopic (exact) mass is 599 g/mol. The minimum atomic E-state index is 0.489. The maximum absolute atomic E-state index is 12.4. The summed E-state index contributed by atoms with van der Waals surface area (Å²) in [6.45, 7) is 4.65. The Balaban J connectivity index is 0.960. The van der Waals surface area contributed by atoms with Gasteiger partial charge in [0.2, 0.25) is 0 Å². The van der Waals surface area contributed by atoms with Gasteiger partial charge in [0.1, 0.15) is 5.78 Å². The maximum Gasteiger partial charge on any atom is 0.132 e. The number of aryl methyl sites for hydroxylation is 2. The average Bonchev–Trinajstić information content (AvgIpc) is 3.06. The van der Waals surface area contributed by atoms with E-state index in [4.69, 9.17) is 0 Å². The van der Waals surface area contributed by atoms with Crippen molar-refractivity contribution in [2.24, 2.45) is 11.8 Å². The van der Waals surface area contributed by atoms with Gasteiger partial charge < -0.3 is 0 Å². The second-order valence-electron chi connectivity index (χ2n) is 14.9. The van der Waals surface area contributed by atoms with Crippen LogP contribution in [0.15, 0.2) is 48.5 Å². The summed E-state index contributed by atoms with van der Waals surface area (Å²) in [5.41, 5.74) is 6.12. The Morgan fingerprint density at radius 1 is 0.500 bits per heavy atom. The first-order valence-corrected chi connectivity index (χ1v) is 19.3. The second-order valence-corrected chi connectivity index (χ2v) is 14.9. The molecule has 2 aliphatic carbocycles. The van der Waals surface area contributed by atoms with Crippen molar-refractivity contribution in [2.45, 2.75) is 180 Å². The SMILES string of the molecule is CCCC1CCC(c2ccc(CCCCCCC(=O)CCCCCCc3ccc([C@H]4CC[C@H](CCC)CC4)cc3)cc2)CC1. The molecular formula is C43H66O. The summed E-state index contributed by atoms with van der Waals surface area (Å²) in [6.07, 6.45) is 30.3. The third-order valence-electron chi connectivity index (χ3n) is 11.3. The smallest absolute Gasteiger partial charge is 0.132 e. The molecule has 2 aromatic carbocycles. The van der Waals surface area contributed by atoms with E-state index in [0.717, 1.165) is 49.4 Å². The predicted octanol–water partition coefficient (Wildman–Crippen LogP) is 13.1. The highest BCUT2D eigenvalue weighted by atomic mass is 16.1. The van der Waals surface area contributed by atoms with Crippen LogP contribution in [0.1, 0.15) is 189 Å². The molecule has 2 fully saturated rings. The lowest BCUT2D eigenvalue weighted by Gasteiger charge is -2.28. The lowest BCUT2D eigenvalue weighted by Crippen LogP contribution is -2.13. The van der Waals surface area contributed by atoms with Crippen molar-refractivity contribution in [3.8, 4) is 0 Å². The largest absolute Gasteiger partial charge is 0.300 e. The Kier molecular flexibility index (Phi) is 16.1. The van der Waals surface area contributed by atoms with Crippen molar-refractivity contribution in [3.63, 3.8) is 0 Å². The zero-order valence-corrected chi connectivity index (χ0v) is 28.8. The van der Waals surface area contributed by atoms with E-state index in [-0.39, 0.29) is 0 Å². The Morgan fingerprint density at radius 3 is 1.23 bits per heavy atom. The Labute approximate surface area is 272 Å². The molecular weight excluding hydrogens is 532 g/mol. The summed E-state index contributed by atoms with van der Waals surface area (Å²) in [4.78, 5) is 12.4. The molecule has 0 spiro atoms. The van der Waals surface area contributed by atoms with Crippen LogP contribution in [0, 0.1) is 11.8 Å². The molecule has 2 aliphatic rings. The highest BCUT2D eigenvalue weighted by Gasteiger charge is 2.22. The molecule has 0 radical (unpaired) electrons. The number of hydrogen-bond acceptors (Lipinski definition) is 1. The molecule has 1 heteroatoms. The molecule has 0 heterocycles. The first-order chi connectivity index (χ1) is 21.6. The third-order valence-corrected chi connectivity index (χ3v) is 11.3. The van der Waals surface area contributed by atoms with Crippen LogP contribution in [0.25, 0.3) is 0 Å². The van der Waals surface area contributed by atoms with Gasteiger partial charge >= 0.3 is 0 Å². The molecule has 0 aliphatic heterocycles. The summed E-state index contributed by atoms with van der Waals surface area (Å²) in [7, 11) is 0. The van der Waals surface area contributed by atoms with Crippen LogP contribution in [0.2, 0.25) is 0 Å². The van der Waals surface area contributed by atoms with Crippen LogP contribution < -0.4 is 0 Å². The van der Waals surface area contributed by atoms with Crippen LogP contribution in [0.5, 0.6) is 0 Å². The summed E-state index contributed by atoms with van der Waals surface area (Å²) in [6, 6.07) is 19.2. The maximum atomic E-state index is 12.4. The first kappa shape index (κ1) is 35.0. The predicted molar refractivity (Wildman–Crippen MR) is 191 cm³/mol. The number of carbonyl (C=O) groups excluding carboxylic acids is 1. The van der Waals surface area contributed by atoms with Gasteiger partial charge in [0.25, 0.3) is 0 Å². The number of unbranched alkanes of at least 4 members (excludes halogenated alkanes) is 6. The van der Waals surface area contributed by atoms with Crippen molar-refractivity contribution in [2.75, 3.05) is 0 Å². The normalized spacial score (nSPS) is 22.2. The molecule has 0 amide bonds. The molecule has 1 nitrogen and oxygen atoms in total. The molecule has 4 rings (SSSR count). The van der Waals surface area contributed by atoms with E-state index in [1.54, 1.807) is 11.1 Å². The van der Waals surface area contributed by atoms with E-state index in [2.05, 4.69) is 62.4 Å². The molecule has 244 valence electrons. The molecule has 0 unspecified atom stereocenters. The third kappa shape index (κ3) is 12.5. The highest BCUT2D eigenvalue weighted by molar-refractivity contribution is 5.78. The van der Waals surface area contributed by atoms with Crippen LogP contribution >= 0.6 is 0 Å². The Bertz CT molecular complexity index is 934. The summed E-state index contributed by atoms with van der Waals surface area (Å²) in [5.74, 6) is 4.05. The second kappa shape index (κ2) is 20.3. The summed E-state index contributed by atoms with van der Waals surface area (Å²) in [5, 5.41) is 0. The zero-order chi connectivity index (χ0) is 30.8. The quantitative estimate of drug-likeness (QED) is 0.139. The van der Waals surface area contributed by atoms with Crippen molar-refractivity contribution < 1.29 is 4.79 Å². The van der Waals surface area contributed by atoms with Gasteiger partial charge in [-0.1, -0.05) is 114 Å². The molecule has 0 bridgehead atoms. The number of Topliss-reactive ketones (excluding diaryl/α,β-unsaturated/α-hetero) is 1. The highest BCUT2D eigenvalue weighted by Crippen LogP contribution is 2.38. The topological polar surface area (TPSA) is 17.1 Å². The molecule has 44 heavy (non-hydrogen) atoms. The van der Waals surface area contributed by atoms with Gasteiger partial charge in [-0.2, -0.15) is 0 Å². The van der Waals surface area contributed by atoms with Crippen LogP contribution in [0.3, 0.4) is 0 Å². The van der Waals surface area contributed by atoms with Crippen molar-refractivity contribution in [1.29, 1.82) is 0 Å². The van der Waals surface area contributed by atoms with E-state index < -0.39 is 0 Å². The number of ketones is 1. The minimum Gasteiger partial charge on any atom is -0.300 e. The van der Waals surface area contributed by atoms with E-state index in [1.807, 2.05) is 0 Å². The van der Waals surface area contributed by atoms with Gasteiger partial charge in [-0.3, -0.25) is 4.79 Å². The van der Waals surface area contributed by atoms with Crippen molar-refractivity contribution in [1.82, 2.24) is 0 Å². The summed E-state index contributed by atoms with van der Waals surface area (Å²) >= 11 is 0. The van der Waals surface area contributed by atoms with Gasteiger partial charge in [-0.05, 0) is 136 Å². The van der Waals surface area contributed by atoms with Gasteiger partial charge in [0.05, 0.1) is 0 Å². The molecule has 0 saturated heterocycles. The molecule has 0 N–H and O–H groups in total. The molecule has 2 aromatic rings. The summed E-state index contributed by atoms with van der Waals surface area (Å²) < 4.78 is 0. The Hall–Kier alpha value is -1.89. The number of carbonyl (C=O) groups is 1. The van der Waals surface area contributed by atoms with E-state index in [1.165, 1.54) is 140 Å². The van der Waals surface area contributed by atoms with Gasteiger partial charge in [0, 0.05) is 12.8 Å². The fraction of sp³-hybridized carbons (Fsp3) is 0.698. The Morgan fingerprint density at radius 2 is 0.864 bits per heavy atom. The van der Waals surface area contributed by atoms with Gasteiger partial charge in [-0.25, -0.2) is 0 Å². The molecule has 2 saturated carbocycles. The minimum absolute atomic E-state index is 0.489. The standard InChI is InChI=1S/C43H66O/c1-3-13-35-19-27-39(28-20-35)41-31-23-37(24-32-41)15-9-5-7-11-17-43(44)18-12-8-6-10-16-38-25-33-42(34-26-38)40-29-21-36(14-4-2)22-30-40/h23-26,31-36,39-40H,3-22,27-30H2,1-2H3/t35-,36?,39-,40?. The van der Waals surface area contributed by atoms with E-state index in [9.17, 15) is 4.79 Å². The van der Waals surface area contributed by atoms with Crippen LogP contribution in [-0.4, -0.2) is 5.78 Å².